The maximum atomic E-state index is 13.8. The molecule has 192 valence electrons. The Balaban J connectivity index is 1.66. The van der Waals surface area contributed by atoms with E-state index in [2.05, 4.69) is 5.32 Å². The first-order chi connectivity index (χ1) is 18.4. The zero-order chi connectivity index (χ0) is 26.9. The summed E-state index contributed by atoms with van der Waals surface area (Å²) >= 11 is 0. The lowest BCUT2D eigenvalue weighted by atomic mass is 9.94. The van der Waals surface area contributed by atoms with Gasteiger partial charge in [-0.15, -0.1) is 0 Å². The smallest absolute Gasteiger partial charge is 0.305 e. The van der Waals surface area contributed by atoms with Gasteiger partial charge in [-0.05, 0) is 41.3 Å². The average Bonchev–Trinajstić information content (AvgIpc) is 2.95. The molecule has 0 fully saturated rings. The first-order valence-corrected chi connectivity index (χ1v) is 12.5. The van der Waals surface area contributed by atoms with Crippen LogP contribution in [0.25, 0.3) is 11.1 Å². The second-order valence-corrected chi connectivity index (χ2v) is 9.05. The number of carboxylic acids is 1. The molecule has 2 amide bonds. The van der Waals surface area contributed by atoms with Crippen molar-refractivity contribution in [1.29, 1.82) is 0 Å². The van der Waals surface area contributed by atoms with Crippen LogP contribution in [-0.2, 0) is 11.3 Å². The Morgan fingerprint density at radius 1 is 0.737 bits per heavy atom. The molecule has 0 aliphatic heterocycles. The van der Waals surface area contributed by atoms with Crippen molar-refractivity contribution >= 4 is 17.8 Å². The molecule has 38 heavy (non-hydrogen) atoms. The normalized spacial score (nSPS) is 11.4. The second kappa shape index (κ2) is 12.5. The van der Waals surface area contributed by atoms with E-state index in [9.17, 15) is 19.5 Å². The molecule has 4 rings (SSSR count). The van der Waals surface area contributed by atoms with Crippen molar-refractivity contribution in [3.63, 3.8) is 0 Å². The molecule has 6 nitrogen and oxygen atoms in total. The van der Waals surface area contributed by atoms with Crippen LogP contribution in [0, 0.1) is 0 Å². The number of amides is 2. The molecule has 0 aromatic heterocycles. The van der Waals surface area contributed by atoms with Crippen LogP contribution in [0.15, 0.2) is 109 Å². The molecule has 0 heterocycles. The monoisotopic (exact) mass is 506 g/mol. The van der Waals surface area contributed by atoms with E-state index in [0.29, 0.717) is 22.3 Å². The summed E-state index contributed by atoms with van der Waals surface area (Å²) in [6.07, 6.45) is -0.170. The van der Waals surface area contributed by atoms with Crippen LogP contribution in [0.2, 0.25) is 0 Å². The maximum absolute atomic E-state index is 13.8. The van der Waals surface area contributed by atoms with Gasteiger partial charge in [-0.3, -0.25) is 14.4 Å². The van der Waals surface area contributed by atoms with E-state index in [0.717, 1.165) is 11.1 Å². The highest BCUT2D eigenvalue weighted by Crippen LogP contribution is 2.29. The number of nitrogens with one attached hydrogen (secondary N) is 1. The van der Waals surface area contributed by atoms with Gasteiger partial charge < -0.3 is 15.3 Å². The number of carboxylic acid groups (broad SMARTS) is 1. The van der Waals surface area contributed by atoms with Crippen LogP contribution >= 0.6 is 0 Å². The van der Waals surface area contributed by atoms with Crippen LogP contribution in [0.3, 0.4) is 0 Å². The number of benzene rings is 4. The lowest BCUT2D eigenvalue weighted by molar-refractivity contribution is -0.137. The first kappa shape index (κ1) is 26.4. The highest BCUT2D eigenvalue weighted by molar-refractivity contribution is 6.06. The zero-order valence-corrected chi connectivity index (χ0v) is 21.2. The molecule has 0 saturated heterocycles. The van der Waals surface area contributed by atoms with Crippen molar-refractivity contribution in [2.24, 2.45) is 0 Å². The van der Waals surface area contributed by atoms with Crippen molar-refractivity contribution in [3.8, 4) is 11.1 Å². The summed E-state index contributed by atoms with van der Waals surface area (Å²) in [5, 5.41) is 12.3. The average molecular weight is 507 g/mol. The molecule has 0 aliphatic rings. The summed E-state index contributed by atoms with van der Waals surface area (Å²) in [5.41, 5.74) is 4.00. The number of hydrogen-bond acceptors (Lipinski definition) is 3. The van der Waals surface area contributed by atoms with E-state index in [1.807, 2.05) is 91.9 Å². The Morgan fingerprint density at radius 2 is 1.26 bits per heavy atom. The van der Waals surface area contributed by atoms with E-state index < -0.39 is 5.97 Å². The number of carbonyl (C=O) groups excluding carboxylic acids is 2. The summed E-state index contributed by atoms with van der Waals surface area (Å²) < 4.78 is 0. The molecule has 0 spiro atoms. The highest BCUT2D eigenvalue weighted by Gasteiger charge is 2.23. The van der Waals surface area contributed by atoms with Gasteiger partial charge in [0.2, 0.25) is 0 Å². The van der Waals surface area contributed by atoms with Crippen LogP contribution in [0.5, 0.6) is 0 Å². The molecule has 1 atom stereocenters. The summed E-state index contributed by atoms with van der Waals surface area (Å²) in [6, 6.07) is 33.3. The van der Waals surface area contributed by atoms with Crippen molar-refractivity contribution in [1.82, 2.24) is 10.2 Å². The Hall–Kier alpha value is -4.71. The topological polar surface area (TPSA) is 86.7 Å². The molecular weight excluding hydrogens is 476 g/mol. The van der Waals surface area contributed by atoms with E-state index in [1.54, 1.807) is 29.2 Å². The van der Waals surface area contributed by atoms with E-state index in [4.69, 9.17) is 0 Å². The standard InChI is InChI=1S/C32H30N2O4/c1-23(25-14-6-3-7-15-25)33-31(37)28-18-10-8-16-26(28)27-17-9-11-19-29(27)32(38)34(21-20-30(35)36)22-24-12-4-2-5-13-24/h2-19,23H,20-22H2,1H3,(H,33,37)(H,35,36). The fourth-order valence-corrected chi connectivity index (χ4v) is 4.38. The molecule has 1 unspecified atom stereocenters. The largest absolute Gasteiger partial charge is 0.481 e. The summed E-state index contributed by atoms with van der Waals surface area (Å²) in [7, 11) is 0. The van der Waals surface area contributed by atoms with E-state index in [-0.39, 0.29) is 37.4 Å². The molecule has 0 bridgehead atoms. The van der Waals surface area contributed by atoms with E-state index >= 15 is 0 Å². The summed E-state index contributed by atoms with van der Waals surface area (Å²) in [5.74, 6) is -1.51. The third-order valence-electron chi connectivity index (χ3n) is 6.37. The Kier molecular flexibility index (Phi) is 8.67. The van der Waals surface area contributed by atoms with Gasteiger partial charge in [0.1, 0.15) is 0 Å². The van der Waals surface area contributed by atoms with Gasteiger partial charge in [0, 0.05) is 24.2 Å². The van der Waals surface area contributed by atoms with Gasteiger partial charge in [0.05, 0.1) is 12.5 Å². The Labute approximate surface area is 222 Å². The quantitative estimate of drug-likeness (QED) is 0.278. The van der Waals surface area contributed by atoms with Gasteiger partial charge in [0.15, 0.2) is 0 Å². The third kappa shape index (κ3) is 6.53. The maximum Gasteiger partial charge on any atom is 0.305 e. The minimum Gasteiger partial charge on any atom is -0.481 e. The second-order valence-electron chi connectivity index (χ2n) is 9.05. The molecule has 0 radical (unpaired) electrons. The SMILES string of the molecule is CC(NC(=O)c1ccccc1-c1ccccc1C(=O)N(CCC(=O)O)Cc1ccccc1)c1ccccc1. The lowest BCUT2D eigenvalue weighted by Crippen LogP contribution is -2.33. The van der Waals surface area contributed by atoms with Gasteiger partial charge in [-0.25, -0.2) is 0 Å². The summed E-state index contributed by atoms with van der Waals surface area (Å²) in [6.45, 7) is 2.27. The molecule has 0 saturated carbocycles. The summed E-state index contributed by atoms with van der Waals surface area (Å²) in [4.78, 5) is 40.1. The van der Waals surface area contributed by atoms with Gasteiger partial charge in [0.25, 0.3) is 11.8 Å². The molecule has 6 heteroatoms. The van der Waals surface area contributed by atoms with Crippen molar-refractivity contribution in [2.75, 3.05) is 6.54 Å². The minimum absolute atomic E-state index is 0.0636. The van der Waals surface area contributed by atoms with Crippen LogP contribution in [0.4, 0.5) is 0 Å². The fraction of sp³-hybridized carbons (Fsp3) is 0.156. The van der Waals surface area contributed by atoms with Crippen molar-refractivity contribution in [2.45, 2.75) is 25.9 Å². The fourth-order valence-electron chi connectivity index (χ4n) is 4.38. The van der Waals surface area contributed by atoms with Gasteiger partial charge >= 0.3 is 5.97 Å². The van der Waals surface area contributed by atoms with Crippen LogP contribution < -0.4 is 5.32 Å². The first-order valence-electron chi connectivity index (χ1n) is 12.5. The number of nitrogens with zero attached hydrogens (tertiary/aromatic N) is 1. The van der Waals surface area contributed by atoms with Crippen LogP contribution in [0.1, 0.15) is 51.2 Å². The molecule has 0 aliphatic carbocycles. The van der Waals surface area contributed by atoms with Crippen LogP contribution in [-0.4, -0.2) is 34.3 Å². The predicted octanol–water partition coefficient (Wildman–Crippen LogP) is 5.96. The number of carbonyl (C=O) groups is 3. The Morgan fingerprint density at radius 3 is 1.89 bits per heavy atom. The van der Waals surface area contributed by atoms with Crippen molar-refractivity contribution < 1.29 is 19.5 Å². The third-order valence-corrected chi connectivity index (χ3v) is 6.37. The zero-order valence-electron chi connectivity index (χ0n) is 21.2. The highest BCUT2D eigenvalue weighted by atomic mass is 16.4. The van der Waals surface area contributed by atoms with Gasteiger partial charge in [-0.1, -0.05) is 97.1 Å². The number of hydrogen-bond donors (Lipinski definition) is 2. The molecule has 4 aromatic carbocycles. The number of rotatable bonds is 10. The van der Waals surface area contributed by atoms with Crippen molar-refractivity contribution in [3.05, 3.63) is 131 Å². The van der Waals surface area contributed by atoms with Gasteiger partial charge in [-0.2, -0.15) is 0 Å². The molecule has 4 aromatic rings. The van der Waals surface area contributed by atoms with E-state index in [1.165, 1.54) is 0 Å². The molecular formula is C32H30N2O4. The Bertz CT molecular complexity index is 1400. The lowest BCUT2D eigenvalue weighted by Gasteiger charge is -2.24. The number of aliphatic carboxylic acids is 1. The molecule has 2 N–H and O–H groups in total. The minimum atomic E-state index is -0.973. The predicted molar refractivity (Wildman–Crippen MR) is 148 cm³/mol.